The van der Waals surface area contributed by atoms with Crippen LogP contribution in [0.25, 0.3) is 44.8 Å². The second-order valence-electron chi connectivity index (χ2n) is 8.84. The van der Waals surface area contributed by atoms with Crippen LogP contribution in [0.1, 0.15) is 24.0 Å². The Bertz CT molecular complexity index is 1660. The molecule has 0 fully saturated rings. The van der Waals surface area contributed by atoms with Crippen LogP contribution in [-0.4, -0.2) is 4.98 Å². The third-order valence-corrected chi connectivity index (χ3v) is 6.60. The molecule has 0 spiro atoms. The van der Waals surface area contributed by atoms with E-state index in [-0.39, 0.29) is 0 Å². The lowest BCUT2D eigenvalue weighted by molar-refractivity contribution is 0.479. The van der Waals surface area contributed by atoms with Crippen molar-refractivity contribution in [1.29, 1.82) is 0 Å². The molecule has 6 rings (SSSR count). The molecule has 1 aromatic heterocycles. The van der Waals surface area contributed by atoms with Crippen LogP contribution >= 0.6 is 0 Å². The summed E-state index contributed by atoms with van der Waals surface area (Å²) < 4.78 is 6.68. The van der Waals surface area contributed by atoms with E-state index >= 15 is 0 Å². The van der Waals surface area contributed by atoms with E-state index in [1.165, 1.54) is 37.9 Å². The van der Waals surface area contributed by atoms with Gasteiger partial charge in [-0.2, -0.15) is 0 Å². The van der Waals surface area contributed by atoms with Gasteiger partial charge in [-0.05, 0) is 71.5 Å². The first-order valence-electron chi connectivity index (χ1n) is 11.5. The van der Waals surface area contributed by atoms with Crippen molar-refractivity contribution in [2.75, 3.05) is 0 Å². The van der Waals surface area contributed by atoms with Crippen molar-refractivity contribution in [3.63, 3.8) is 0 Å². The number of hydrogen-bond acceptors (Lipinski definition) is 2. The summed E-state index contributed by atoms with van der Waals surface area (Å²) in [5, 5.41) is 7.16. The zero-order valence-electron chi connectivity index (χ0n) is 18.9. The zero-order valence-corrected chi connectivity index (χ0v) is 18.9. The van der Waals surface area contributed by atoms with Crippen LogP contribution in [0.15, 0.2) is 79.1 Å². The zero-order chi connectivity index (χ0) is 22.4. The van der Waals surface area contributed by atoms with Gasteiger partial charge in [0, 0.05) is 28.4 Å². The molecule has 160 valence electrons. The minimum absolute atomic E-state index is 0.901. The summed E-state index contributed by atoms with van der Waals surface area (Å²) in [7, 11) is 0. The maximum atomic E-state index is 6.68. The van der Waals surface area contributed by atoms with E-state index in [1.54, 1.807) is 0 Å². The van der Waals surface area contributed by atoms with Gasteiger partial charge in [-0.1, -0.05) is 72.3 Å². The quantitative estimate of drug-likeness (QED) is 0.315. The van der Waals surface area contributed by atoms with Crippen LogP contribution in [0.2, 0.25) is 0 Å². The van der Waals surface area contributed by atoms with Crippen LogP contribution in [0.3, 0.4) is 0 Å². The van der Waals surface area contributed by atoms with E-state index < -0.39 is 0 Å². The molecule has 0 aliphatic heterocycles. The molecule has 1 aliphatic carbocycles. The van der Waals surface area contributed by atoms with Crippen molar-refractivity contribution in [3.8, 4) is 22.6 Å². The number of aryl methyl sites for hydroxylation is 2. The molecule has 0 bridgehead atoms. The van der Waals surface area contributed by atoms with E-state index in [0.29, 0.717) is 0 Å². The molecule has 33 heavy (non-hydrogen) atoms. The van der Waals surface area contributed by atoms with Gasteiger partial charge < -0.3 is 4.74 Å². The summed E-state index contributed by atoms with van der Waals surface area (Å²) in [6, 6.07) is 23.6. The fraction of sp³-hybridized carbons (Fsp3) is 0.129. The molecule has 2 nitrogen and oxygen atoms in total. The Kier molecular flexibility index (Phi) is 4.73. The second-order valence-corrected chi connectivity index (χ2v) is 8.84. The fourth-order valence-electron chi connectivity index (χ4n) is 5.08. The highest BCUT2D eigenvalue weighted by Crippen LogP contribution is 2.35. The van der Waals surface area contributed by atoms with E-state index in [9.17, 15) is 0 Å². The van der Waals surface area contributed by atoms with Crippen molar-refractivity contribution in [2.24, 2.45) is 0 Å². The largest absolute Gasteiger partial charge is 0.456 e. The number of fused-ring (bicyclic) bond motifs is 3. The SMILES string of the molecule is Cc1ccc(Oc2c3c(c(-c4cccc5ccccc45)c4cnccc24)=CCCC=3)c(C)c1. The second kappa shape index (κ2) is 7.90. The van der Waals surface area contributed by atoms with Gasteiger partial charge in [0.2, 0.25) is 0 Å². The Labute approximate surface area is 193 Å². The molecule has 0 radical (unpaired) electrons. The lowest BCUT2D eigenvalue weighted by atomic mass is 9.89. The van der Waals surface area contributed by atoms with Gasteiger partial charge in [0.1, 0.15) is 11.5 Å². The lowest BCUT2D eigenvalue weighted by Crippen LogP contribution is -2.31. The first-order chi connectivity index (χ1) is 16.2. The fourth-order valence-corrected chi connectivity index (χ4v) is 5.08. The number of ether oxygens (including phenoxy) is 1. The van der Waals surface area contributed by atoms with Crippen LogP contribution < -0.4 is 15.2 Å². The van der Waals surface area contributed by atoms with E-state index in [2.05, 4.69) is 97.7 Å². The van der Waals surface area contributed by atoms with Crippen LogP contribution in [0.4, 0.5) is 0 Å². The minimum Gasteiger partial charge on any atom is -0.456 e. The molecule has 4 aromatic carbocycles. The highest BCUT2D eigenvalue weighted by molar-refractivity contribution is 6.07. The Morgan fingerprint density at radius 1 is 0.758 bits per heavy atom. The number of rotatable bonds is 3. The molecule has 0 saturated heterocycles. The monoisotopic (exact) mass is 427 g/mol. The Morgan fingerprint density at radius 2 is 1.58 bits per heavy atom. The maximum absolute atomic E-state index is 6.68. The summed E-state index contributed by atoms with van der Waals surface area (Å²) in [5.74, 6) is 1.83. The summed E-state index contributed by atoms with van der Waals surface area (Å²) in [6.07, 6.45) is 10.6. The molecule has 5 aromatic rings. The maximum Gasteiger partial charge on any atom is 0.142 e. The Balaban J connectivity index is 1.72. The standard InChI is InChI=1S/C31H25NO/c1-20-14-15-29(21(2)18-20)33-31-26-12-6-5-11-25(26)30(28-19-32-17-16-27(28)31)24-13-7-9-22-8-3-4-10-23(22)24/h3-4,7-19H,5-6H2,1-2H3. The topological polar surface area (TPSA) is 22.1 Å². The van der Waals surface area contributed by atoms with Gasteiger partial charge >= 0.3 is 0 Å². The Hall–Kier alpha value is -3.91. The predicted molar refractivity (Wildman–Crippen MR) is 138 cm³/mol. The van der Waals surface area contributed by atoms with Gasteiger partial charge in [-0.25, -0.2) is 0 Å². The van der Waals surface area contributed by atoms with Crippen molar-refractivity contribution < 1.29 is 4.74 Å². The minimum atomic E-state index is 0.901. The molecule has 1 aliphatic rings. The Morgan fingerprint density at radius 3 is 2.45 bits per heavy atom. The summed E-state index contributed by atoms with van der Waals surface area (Å²) in [6.45, 7) is 4.22. The molecule has 0 saturated carbocycles. The van der Waals surface area contributed by atoms with Gasteiger partial charge in [-0.3, -0.25) is 4.98 Å². The predicted octanol–water partition coefficient (Wildman–Crippen LogP) is 6.82. The van der Waals surface area contributed by atoms with Crippen molar-refractivity contribution in [3.05, 3.63) is 101 Å². The number of nitrogens with zero attached hydrogens (tertiary/aromatic N) is 1. The first-order valence-corrected chi connectivity index (χ1v) is 11.5. The number of hydrogen-bond donors (Lipinski definition) is 0. The summed E-state index contributed by atoms with van der Waals surface area (Å²) in [4.78, 5) is 4.53. The highest BCUT2D eigenvalue weighted by Gasteiger charge is 2.18. The van der Waals surface area contributed by atoms with E-state index in [0.717, 1.165) is 40.7 Å². The lowest BCUT2D eigenvalue weighted by Gasteiger charge is -2.19. The average molecular weight is 428 g/mol. The van der Waals surface area contributed by atoms with E-state index in [4.69, 9.17) is 4.74 Å². The molecule has 0 N–H and O–H groups in total. The van der Waals surface area contributed by atoms with Gasteiger partial charge in [-0.15, -0.1) is 0 Å². The molecule has 0 unspecified atom stereocenters. The average Bonchev–Trinajstić information content (AvgIpc) is 2.85. The van der Waals surface area contributed by atoms with Gasteiger partial charge in [0.25, 0.3) is 0 Å². The molecular formula is C31H25NO. The van der Waals surface area contributed by atoms with Gasteiger partial charge in [0.15, 0.2) is 0 Å². The summed E-state index contributed by atoms with van der Waals surface area (Å²) >= 11 is 0. The van der Waals surface area contributed by atoms with Crippen molar-refractivity contribution in [1.82, 2.24) is 4.98 Å². The smallest absolute Gasteiger partial charge is 0.142 e. The van der Waals surface area contributed by atoms with Crippen LogP contribution in [0.5, 0.6) is 11.5 Å². The molecule has 1 heterocycles. The number of pyridine rings is 1. The number of benzene rings is 4. The van der Waals surface area contributed by atoms with Crippen LogP contribution in [0, 0.1) is 13.8 Å². The van der Waals surface area contributed by atoms with Crippen molar-refractivity contribution in [2.45, 2.75) is 26.7 Å². The molecular weight excluding hydrogens is 402 g/mol. The van der Waals surface area contributed by atoms with Crippen LogP contribution in [-0.2, 0) is 0 Å². The third-order valence-electron chi connectivity index (χ3n) is 6.60. The molecule has 0 amide bonds. The normalized spacial score (nSPS) is 12.8. The first kappa shape index (κ1) is 19.8. The highest BCUT2D eigenvalue weighted by atomic mass is 16.5. The third kappa shape index (κ3) is 3.30. The van der Waals surface area contributed by atoms with E-state index in [1.807, 2.05) is 12.4 Å². The summed E-state index contributed by atoms with van der Waals surface area (Å²) in [5.41, 5.74) is 4.87. The number of aromatic nitrogens is 1. The molecule has 0 atom stereocenters. The molecule has 2 heteroatoms. The van der Waals surface area contributed by atoms with Gasteiger partial charge in [0.05, 0.1) is 0 Å². The van der Waals surface area contributed by atoms with Crippen molar-refractivity contribution >= 4 is 33.7 Å².